The Balaban J connectivity index is 1.82. The summed E-state index contributed by atoms with van der Waals surface area (Å²) < 4.78 is 70.6. The quantitative estimate of drug-likeness (QED) is 0.353. The molecule has 1 spiro atoms. The number of allylic oxidation sites excluding steroid dienone is 1. The second kappa shape index (κ2) is 6.94. The predicted molar refractivity (Wildman–Crippen MR) is 112 cm³/mol. The van der Waals surface area contributed by atoms with Gasteiger partial charge in [0.25, 0.3) is 0 Å². The number of hydrogen-bond acceptors (Lipinski definition) is 4. The van der Waals surface area contributed by atoms with Gasteiger partial charge in [0.2, 0.25) is 0 Å². The van der Waals surface area contributed by atoms with Gasteiger partial charge in [0.15, 0.2) is 8.32 Å². The third kappa shape index (κ3) is 3.95. The highest BCUT2D eigenvalue weighted by atomic mass is 28.4. The standard InChI is InChI=1S/C22H40O4Si/c1-15(2)10-11-17-21(6,25-17)19-18(23-7)16(12-13-22(19)14-24-22)26-27(8,9)20(3,4)5/h10,16-19H,11-14H2,1-9H3/t16-,17-,18-,19-,21?,22+/m1/s1/i1D3,2D3. The number of rotatable bonds is 6. The van der Waals surface area contributed by atoms with Gasteiger partial charge in [-0.2, -0.15) is 0 Å². The Hall–Kier alpha value is -0.203. The third-order valence-electron chi connectivity index (χ3n) is 7.29. The fraction of sp³-hybridized carbons (Fsp3) is 0.909. The first kappa shape index (κ1) is 14.7. The lowest BCUT2D eigenvalue weighted by Crippen LogP contribution is -2.58. The summed E-state index contributed by atoms with van der Waals surface area (Å²) in [6.45, 7) is 8.43. The van der Waals surface area contributed by atoms with Gasteiger partial charge in [0, 0.05) is 15.3 Å². The minimum atomic E-state index is -2.67. The van der Waals surface area contributed by atoms with Crippen LogP contribution in [0, 0.1) is 5.92 Å². The smallest absolute Gasteiger partial charge is 0.192 e. The zero-order valence-electron chi connectivity index (χ0n) is 23.8. The van der Waals surface area contributed by atoms with Gasteiger partial charge in [-0.1, -0.05) is 32.4 Å². The van der Waals surface area contributed by atoms with Crippen molar-refractivity contribution in [2.75, 3.05) is 13.7 Å². The zero-order valence-corrected chi connectivity index (χ0v) is 18.8. The molecule has 0 radical (unpaired) electrons. The molecule has 0 aromatic heterocycles. The van der Waals surface area contributed by atoms with Crippen LogP contribution in [0.1, 0.15) is 68.9 Å². The lowest BCUT2D eigenvalue weighted by molar-refractivity contribution is -0.111. The Bertz CT molecular complexity index is 752. The van der Waals surface area contributed by atoms with Crippen molar-refractivity contribution in [2.24, 2.45) is 5.92 Å². The summed E-state index contributed by atoms with van der Waals surface area (Å²) in [7, 11) is -0.332. The van der Waals surface area contributed by atoms with Crippen LogP contribution in [0.3, 0.4) is 0 Å². The highest BCUT2D eigenvalue weighted by molar-refractivity contribution is 6.74. The fourth-order valence-electron chi connectivity index (χ4n) is 4.51. The molecule has 1 saturated carbocycles. The van der Waals surface area contributed by atoms with Crippen molar-refractivity contribution < 1.29 is 26.9 Å². The van der Waals surface area contributed by atoms with E-state index >= 15 is 0 Å². The van der Waals surface area contributed by atoms with E-state index in [4.69, 9.17) is 26.9 Å². The molecule has 5 heteroatoms. The summed E-state index contributed by atoms with van der Waals surface area (Å²) in [6, 6.07) is 0. The normalized spacial score (nSPS) is 45.7. The number of ether oxygens (including phenoxy) is 3. The Labute approximate surface area is 175 Å². The van der Waals surface area contributed by atoms with Crippen LogP contribution < -0.4 is 0 Å². The minimum absolute atomic E-state index is 0.0697. The molecule has 0 amide bonds. The Kier molecular flexibility index (Phi) is 3.79. The van der Waals surface area contributed by atoms with Crippen LogP contribution in [0.25, 0.3) is 0 Å². The van der Waals surface area contributed by atoms with E-state index in [0.717, 1.165) is 12.8 Å². The third-order valence-corrected chi connectivity index (χ3v) is 11.8. The molecule has 1 unspecified atom stereocenters. The van der Waals surface area contributed by atoms with Gasteiger partial charge in [-0.05, 0) is 58.0 Å². The maximum Gasteiger partial charge on any atom is 0.192 e. The molecular formula is C22H40O4Si. The Morgan fingerprint density at radius 3 is 2.52 bits per heavy atom. The topological polar surface area (TPSA) is 43.5 Å². The van der Waals surface area contributed by atoms with E-state index in [1.165, 1.54) is 6.08 Å². The van der Waals surface area contributed by atoms with E-state index in [9.17, 15) is 0 Å². The summed E-state index contributed by atoms with van der Waals surface area (Å²) in [4.78, 5) is 0. The summed E-state index contributed by atoms with van der Waals surface area (Å²) in [5.74, 6) is -0.0825. The maximum atomic E-state index is 7.61. The van der Waals surface area contributed by atoms with Crippen molar-refractivity contribution in [3.05, 3.63) is 11.6 Å². The summed E-state index contributed by atoms with van der Waals surface area (Å²) in [6.07, 6.45) is 2.66. The van der Waals surface area contributed by atoms with Gasteiger partial charge in [-0.3, -0.25) is 0 Å². The molecule has 1 aliphatic carbocycles. The fourth-order valence-corrected chi connectivity index (χ4v) is 5.87. The molecule has 3 fully saturated rings. The van der Waals surface area contributed by atoms with Crippen molar-refractivity contribution in [1.29, 1.82) is 0 Å². The predicted octanol–water partition coefficient (Wildman–Crippen LogP) is 5.08. The number of epoxide rings is 2. The molecule has 0 N–H and O–H groups in total. The highest BCUT2D eigenvalue weighted by Gasteiger charge is 2.72. The number of methoxy groups -OCH3 is 1. The van der Waals surface area contributed by atoms with E-state index in [2.05, 4.69) is 33.9 Å². The molecule has 156 valence electrons. The summed E-state index contributed by atoms with van der Waals surface area (Å²) in [5.41, 5.74) is -1.42. The van der Waals surface area contributed by atoms with Crippen LogP contribution in [-0.2, 0) is 18.6 Å². The first-order valence-electron chi connectivity index (χ1n) is 13.0. The van der Waals surface area contributed by atoms with E-state index in [1.54, 1.807) is 7.11 Å². The molecular weight excluding hydrogens is 356 g/mol. The van der Waals surface area contributed by atoms with Gasteiger partial charge in [-0.15, -0.1) is 0 Å². The molecule has 2 aliphatic heterocycles. The van der Waals surface area contributed by atoms with Crippen molar-refractivity contribution in [1.82, 2.24) is 0 Å². The molecule has 4 nitrogen and oxygen atoms in total. The van der Waals surface area contributed by atoms with E-state index in [-0.39, 0.29) is 41.3 Å². The largest absolute Gasteiger partial charge is 0.411 e. The number of hydrogen-bond donors (Lipinski definition) is 0. The van der Waals surface area contributed by atoms with Crippen molar-refractivity contribution in [3.8, 4) is 0 Å². The zero-order chi connectivity index (χ0) is 25.3. The summed E-state index contributed by atoms with van der Waals surface area (Å²) >= 11 is 0. The average molecular weight is 403 g/mol. The lowest BCUT2D eigenvalue weighted by atomic mass is 9.68. The van der Waals surface area contributed by atoms with Crippen LogP contribution in [-0.4, -0.2) is 51.5 Å². The molecule has 6 atom stereocenters. The average Bonchev–Trinajstić information content (AvgIpc) is 3.51. The maximum absolute atomic E-state index is 7.61. The van der Waals surface area contributed by atoms with Gasteiger partial charge >= 0.3 is 0 Å². The second-order valence-electron chi connectivity index (χ2n) is 10.1. The molecule has 0 aromatic carbocycles. The minimum Gasteiger partial charge on any atom is -0.411 e. The van der Waals surface area contributed by atoms with Crippen molar-refractivity contribution in [2.45, 2.75) is 108 Å². The van der Waals surface area contributed by atoms with E-state index < -0.39 is 33.2 Å². The van der Waals surface area contributed by atoms with Crippen LogP contribution in [0.5, 0.6) is 0 Å². The van der Waals surface area contributed by atoms with Crippen LogP contribution in [0.4, 0.5) is 0 Å². The first-order valence-corrected chi connectivity index (χ1v) is 12.9. The van der Waals surface area contributed by atoms with Gasteiger partial charge < -0.3 is 18.6 Å². The molecule has 0 aromatic rings. The van der Waals surface area contributed by atoms with Gasteiger partial charge in [0.1, 0.15) is 5.60 Å². The van der Waals surface area contributed by atoms with Crippen LogP contribution in [0.2, 0.25) is 18.1 Å². The first-order chi connectivity index (χ1) is 14.8. The lowest BCUT2D eigenvalue weighted by Gasteiger charge is -2.47. The Morgan fingerprint density at radius 2 is 2.00 bits per heavy atom. The van der Waals surface area contributed by atoms with E-state index in [0.29, 0.717) is 6.61 Å². The molecule has 2 heterocycles. The van der Waals surface area contributed by atoms with Gasteiger partial charge in [0.05, 0.1) is 36.4 Å². The van der Waals surface area contributed by atoms with Crippen LogP contribution >= 0.6 is 0 Å². The van der Waals surface area contributed by atoms with E-state index in [1.807, 2.05) is 6.92 Å². The van der Waals surface area contributed by atoms with Crippen molar-refractivity contribution >= 4 is 8.32 Å². The Morgan fingerprint density at radius 1 is 1.33 bits per heavy atom. The molecule has 3 aliphatic rings. The highest BCUT2D eigenvalue weighted by Crippen LogP contribution is 2.60. The molecule has 2 saturated heterocycles. The van der Waals surface area contributed by atoms with Crippen molar-refractivity contribution in [3.63, 3.8) is 0 Å². The molecule has 0 bridgehead atoms. The summed E-state index contributed by atoms with van der Waals surface area (Å²) in [5, 5.41) is 0.0697. The van der Waals surface area contributed by atoms with Gasteiger partial charge in [-0.25, -0.2) is 0 Å². The molecule has 3 rings (SSSR count). The monoisotopic (exact) mass is 402 g/mol. The second-order valence-corrected chi connectivity index (χ2v) is 14.9. The SMILES string of the molecule is [2H]C([2H])([2H])C(=CC[C@H]1OC1(C)[C@H]1[C@H](OC)[C@H](O[Si](C)(C)C(C)(C)C)CC[C@]12CO2)C([2H])([2H])[2H]. The van der Waals surface area contributed by atoms with Crippen LogP contribution in [0.15, 0.2) is 11.6 Å². The molecule has 27 heavy (non-hydrogen) atoms.